The number of ether oxygens (including phenoxy) is 1. The van der Waals surface area contributed by atoms with Crippen molar-refractivity contribution >= 4 is 29.5 Å². The molecule has 2 aliphatic rings. The molecule has 0 bridgehead atoms. The van der Waals surface area contributed by atoms with Gasteiger partial charge >= 0.3 is 0 Å². The number of carbonyl (C=O) groups excluding carboxylic acids is 2. The smallest absolute Gasteiger partial charge is 0.286 e. The van der Waals surface area contributed by atoms with Gasteiger partial charge in [-0.25, -0.2) is 0 Å². The summed E-state index contributed by atoms with van der Waals surface area (Å²) in [5, 5.41) is 6.75. The predicted octanol–water partition coefficient (Wildman–Crippen LogP) is 3.21. The van der Waals surface area contributed by atoms with Gasteiger partial charge in [0.1, 0.15) is 6.10 Å². The number of amides is 2. The Labute approximate surface area is 184 Å². The van der Waals surface area contributed by atoms with Gasteiger partial charge < -0.3 is 20.3 Å². The van der Waals surface area contributed by atoms with E-state index in [0.717, 1.165) is 44.5 Å². The minimum atomic E-state index is -0.230. The van der Waals surface area contributed by atoms with Crippen LogP contribution in [0.1, 0.15) is 45.1 Å². The van der Waals surface area contributed by atoms with Crippen molar-refractivity contribution in [1.29, 1.82) is 0 Å². The molecule has 0 spiro atoms. The lowest BCUT2D eigenvalue weighted by atomic mass is 9.82. The van der Waals surface area contributed by atoms with Gasteiger partial charge in [0.15, 0.2) is 5.76 Å². The van der Waals surface area contributed by atoms with E-state index in [9.17, 15) is 9.59 Å². The van der Waals surface area contributed by atoms with Gasteiger partial charge in [-0.15, -0.1) is 0 Å². The summed E-state index contributed by atoms with van der Waals surface area (Å²) in [5.41, 5.74) is 0.862. The van der Waals surface area contributed by atoms with Gasteiger partial charge in [-0.1, -0.05) is 37.6 Å². The number of nitrogens with one attached hydrogen (secondary N) is 2. The molecule has 1 aromatic carbocycles. The Morgan fingerprint density at radius 2 is 2.00 bits per heavy atom. The third kappa shape index (κ3) is 5.99. The number of nitrogens with zero attached hydrogens (tertiary/aromatic N) is 1. The van der Waals surface area contributed by atoms with Crippen LogP contribution in [-0.4, -0.2) is 55.0 Å². The monoisotopic (exact) mass is 433 g/mol. The van der Waals surface area contributed by atoms with E-state index >= 15 is 0 Å². The Morgan fingerprint density at radius 1 is 1.27 bits per heavy atom. The van der Waals surface area contributed by atoms with Gasteiger partial charge in [0.05, 0.1) is 6.04 Å². The van der Waals surface area contributed by atoms with Crippen LogP contribution in [0.2, 0.25) is 5.02 Å². The Bertz CT molecular complexity index is 761. The van der Waals surface area contributed by atoms with E-state index in [2.05, 4.69) is 29.4 Å². The van der Waals surface area contributed by atoms with E-state index in [1.54, 1.807) is 18.2 Å². The number of morpholine rings is 1. The van der Waals surface area contributed by atoms with Crippen LogP contribution in [0.5, 0.6) is 0 Å². The van der Waals surface area contributed by atoms with E-state index in [4.69, 9.17) is 16.3 Å². The molecule has 1 aliphatic heterocycles. The Balaban J connectivity index is 1.49. The first-order valence-electron chi connectivity index (χ1n) is 10.9. The normalized spacial score (nSPS) is 24.9. The van der Waals surface area contributed by atoms with Crippen molar-refractivity contribution in [3.63, 3.8) is 0 Å². The van der Waals surface area contributed by atoms with Gasteiger partial charge in [0.25, 0.3) is 5.91 Å². The summed E-state index contributed by atoms with van der Waals surface area (Å²) in [4.78, 5) is 27.4. The van der Waals surface area contributed by atoms with Crippen molar-refractivity contribution in [3.05, 3.63) is 40.6 Å². The fourth-order valence-electron chi connectivity index (χ4n) is 4.14. The molecule has 1 saturated carbocycles. The van der Waals surface area contributed by atoms with Crippen molar-refractivity contribution in [2.75, 3.05) is 26.2 Å². The van der Waals surface area contributed by atoms with Crippen molar-refractivity contribution in [2.45, 2.75) is 51.7 Å². The standard InChI is InChI=1S/C23H32ClN3O3/c1-3-27(4-2)13-5-12-25-22(28)17-8-11-20-19(15-17)26-23(29)21(30-20)14-16-6-9-18(24)10-7-16/h6-7,9-10,14,17,19-20H,3-5,8,11-13,15H2,1-2H3,(H,25,28)(H,26,29)/b21-14-. The topological polar surface area (TPSA) is 70.7 Å². The molecule has 0 radical (unpaired) electrons. The van der Waals surface area contributed by atoms with Crippen molar-refractivity contribution in [2.24, 2.45) is 5.92 Å². The summed E-state index contributed by atoms with van der Waals surface area (Å²) in [5.74, 6) is 0.0968. The maximum atomic E-state index is 12.6. The average Bonchev–Trinajstić information content (AvgIpc) is 2.75. The third-order valence-electron chi connectivity index (χ3n) is 5.99. The summed E-state index contributed by atoms with van der Waals surface area (Å²) < 4.78 is 5.99. The molecule has 0 aromatic heterocycles. The van der Waals surface area contributed by atoms with Crippen LogP contribution >= 0.6 is 11.6 Å². The number of hydrogen-bond donors (Lipinski definition) is 2. The van der Waals surface area contributed by atoms with Gasteiger partial charge in [-0.2, -0.15) is 0 Å². The Kier molecular flexibility index (Phi) is 8.16. The van der Waals surface area contributed by atoms with E-state index in [1.165, 1.54) is 0 Å². The fraction of sp³-hybridized carbons (Fsp3) is 0.565. The molecule has 3 unspecified atom stereocenters. The maximum absolute atomic E-state index is 12.6. The van der Waals surface area contributed by atoms with Gasteiger partial charge in [-0.3, -0.25) is 9.59 Å². The molecule has 1 saturated heterocycles. The number of carbonyl (C=O) groups is 2. The first-order valence-corrected chi connectivity index (χ1v) is 11.3. The molecule has 30 heavy (non-hydrogen) atoms. The molecular weight excluding hydrogens is 402 g/mol. The van der Waals surface area contributed by atoms with Gasteiger partial charge in [0, 0.05) is 17.5 Å². The summed E-state index contributed by atoms with van der Waals surface area (Å²) in [6.07, 6.45) is 4.73. The van der Waals surface area contributed by atoms with Gasteiger partial charge in [0.2, 0.25) is 5.91 Å². The fourth-order valence-corrected chi connectivity index (χ4v) is 4.26. The Hall–Kier alpha value is -2.05. The number of halogens is 1. The lowest BCUT2D eigenvalue weighted by Gasteiger charge is -2.39. The first kappa shape index (κ1) is 22.6. The zero-order valence-corrected chi connectivity index (χ0v) is 18.6. The molecule has 6 nitrogen and oxygen atoms in total. The van der Waals surface area contributed by atoms with Crippen LogP contribution in [0, 0.1) is 5.92 Å². The van der Waals surface area contributed by atoms with Crippen LogP contribution < -0.4 is 10.6 Å². The SMILES string of the molecule is CCN(CC)CCCNC(=O)C1CCC2O/C(=C\c3ccc(Cl)cc3)C(=O)NC2C1. The highest BCUT2D eigenvalue weighted by molar-refractivity contribution is 6.30. The second-order valence-electron chi connectivity index (χ2n) is 7.98. The van der Waals surface area contributed by atoms with Crippen LogP contribution in [0.4, 0.5) is 0 Å². The van der Waals surface area contributed by atoms with Crippen molar-refractivity contribution in [1.82, 2.24) is 15.5 Å². The molecule has 3 rings (SSSR count). The highest BCUT2D eigenvalue weighted by Crippen LogP contribution is 2.31. The summed E-state index contributed by atoms with van der Waals surface area (Å²) in [6, 6.07) is 7.13. The predicted molar refractivity (Wildman–Crippen MR) is 119 cm³/mol. The molecule has 1 aromatic rings. The average molecular weight is 434 g/mol. The zero-order chi connectivity index (χ0) is 21.5. The van der Waals surface area contributed by atoms with Crippen LogP contribution in [0.25, 0.3) is 6.08 Å². The van der Waals surface area contributed by atoms with Crippen molar-refractivity contribution in [3.8, 4) is 0 Å². The van der Waals surface area contributed by atoms with E-state index in [0.29, 0.717) is 23.7 Å². The third-order valence-corrected chi connectivity index (χ3v) is 6.24. The summed E-state index contributed by atoms with van der Waals surface area (Å²) >= 11 is 5.91. The number of hydrogen-bond acceptors (Lipinski definition) is 4. The minimum Gasteiger partial charge on any atom is -0.483 e. The van der Waals surface area contributed by atoms with E-state index < -0.39 is 0 Å². The molecular formula is C23H32ClN3O3. The minimum absolute atomic E-state index is 0.0783. The molecule has 1 heterocycles. The summed E-state index contributed by atoms with van der Waals surface area (Å²) in [7, 11) is 0. The quantitative estimate of drug-likeness (QED) is 0.488. The largest absolute Gasteiger partial charge is 0.483 e. The molecule has 2 fully saturated rings. The molecule has 2 N–H and O–H groups in total. The van der Waals surface area contributed by atoms with Gasteiger partial charge in [-0.05, 0) is 69.1 Å². The Morgan fingerprint density at radius 3 is 2.70 bits per heavy atom. The number of fused-ring (bicyclic) bond motifs is 1. The summed E-state index contributed by atoms with van der Waals surface area (Å²) in [6.45, 7) is 8.05. The number of rotatable bonds is 8. The second-order valence-corrected chi connectivity index (χ2v) is 8.41. The maximum Gasteiger partial charge on any atom is 0.286 e. The van der Waals surface area contributed by atoms with Crippen LogP contribution in [0.15, 0.2) is 30.0 Å². The highest BCUT2D eigenvalue weighted by atomic mass is 35.5. The molecule has 164 valence electrons. The molecule has 7 heteroatoms. The lowest BCUT2D eigenvalue weighted by molar-refractivity contribution is -0.134. The van der Waals surface area contributed by atoms with E-state index in [-0.39, 0.29) is 29.9 Å². The molecule has 2 amide bonds. The first-order chi connectivity index (χ1) is 14.5. The lowest BCUT2D eigenvalue weighted by Crippen LogP contribution is -2.54. The van der Waals surface area contributed by atoms with Crippen LogP contribution in [-0.2, 0) is 14.3 Å². The molecule has 3 atom stereocenters. The zero-order valence-electron chi connectivity index (χ0n) is 17.8. The van der Waals surface area contributed by atoms with Crippen LogP contribution in [0.3, 0.4) is 0 Å². The highest BCUT2D eigenvalue weighted by Gasteiger charge is 2.40. The van der Waals surface area contributed by atoms with E-state index in [1.807, 2.05) is 12.1 Å². The molecule has 1 aliphatic carbocycles. The second kappa shape index (κ2) is 10.8. The van der Waals surface area contributed by atoms with Crippen molar-refractivity contribution < 1.29 is 14.3 Å². The number of benzene rings is 1.